The third-order valence-electron chi connectivity index (χ3n) is 14.8. The van der Waals surface area contributed by atoms with Crippen molar-refractivity contribution < 1.29 is 0 Å². The lowest BCUT2D eigenvalue weighted by molar-refractivity contribution is 0.569. The van der Waals surface area contributed by atoms with Crippen LogP contribution in [0.1, 0.15) is 137 Å². The minimum atomic E-state index is -0.0885. The maximum atomic E-state index is 5.88. The Balaban J connectivity index is 1.36. The first-order valence-corrected chi connectivity index (χ1v) is 25.2. The van der Waals surface area contributed by atoms with Crippen molar-refractivity contribution in [3.05, 3.63) is 173 Å². The predicted octanol–water partition coefficient (Wildman–Crippen LogP) is 15.6. The zero-order valence-electron chi connectivity index (χ0n) is 44.1. The van der Waals surface area contributed by atoms with Crippen molar-refractivity contribution in [1.82, 2.24) is 9.55 Å². The highest BCUT2D eigenvalue weighted by atomic mass is 15.2. The number of nitrogens with zero attached hydrogens (tertiary/aromatic N) is 4. The van der Waals surface area contributed by atoms with Gasteiger partial charge in [-0.15, -0.1) is 0 Å². The molecule has 1 aromatic heterocycles. The maximum absolute atomic E-state index is 5.88. The summed E-state index contributed by atoms with van der Waals surface area (Å²) < 4.78 is 2.40. The predicted molar refractivity (Wildman–Crippen MR) is 299 cm³/mol. The summed E-state index contributed by atoms with van der Waals surface area (Å²) in [5.74, 6) is 0.931. The third-order valence-corrected chi connectivity index (χ3v) is 14.8. The molecule has 3 heterocycles. The molecule has 0 fully saturated rings. The molecule has 0 atom stereocenters. The van der Waals surface area contributed by atoms with Crippen molar-refractivity contribution in [3.63, 3.8) is 0 Å². The van der Waals surface area contributed by atoms with E-state index in [1.165, 1.54) is 72.5 Å². The van der Waals surface area contributed by atoms with E-state index >= 15 is 0 Å². The van der Waals surface area contributed by atoms with Crippen LogP contribution < -0.4 is 26.2 Å². The molecule has 0 bridgehead atoms. The third kappa shape index (κ3) is 8.00. The van der Waals surface area contributed by atoms with Crippen LogP contribution in [-0.2, 0) is 27.1 Å². The van der Waals surface area contributed by atoms with Gasteiger partial charge in [-0.25, -0.2) is 4.98 Å². The van der Waals surface area contributed by atoms with Crippen LogP contribution in [0.2, 0.25) is 0 Å². The molecule has 5 heteroatoms. The number of aromatic nitrogens is 2. The molecule has 0 N–H and O–H groups in total. The van der Waals surface area contributed by atoms with Crippen molar-refractivity contribution in [2.45, 2.75) is 138 Å². The van der Waals surface area contributed by atoms with Crippen LogP contribution in [0.25, 0.3) is 28.1 Å². The van der Waals surface area contributed by atoms with E-state index in [2.05, 4.69) is 265 Å². The zero-order valence-corrected chi connectivity index (χ0v) is 44.1. The molecule has 0 aliphatic carbocycles. The Hall–Kier alpha value is -6.33. The molecular weight excluding hydrogens is 836 g/mol. The van der Waals surface area contributed by atoms with E-state index in [1.54, 1.807) is 0 Å². The molecule has 10 rings (SSSR count). The molecule has 8 aromatic rings. The van der Waals surface area contributed by atoms with E-state index in [1.807, 2.05) is 0 Å². The summed E-state index contributed by atoms with van der Waals surface area (Å²) in [6, 6.07) is 53.6. The number of anilines is 6. The Morgan fingerprint density at radius 1 is 0.406 bits per heavy atom. The molecule has 0 amide bonds. The van der Waals surface area contributed by atoms with E-state index in [4.69, 9.17) is 4.98 Å². The number of fused-ring (bicyclic) bond motifs is 6. The van der Waals surface area contributed by atoms with Gasteiger partial charge in [0.2, 0.25) is 0 Å². The van der Waals surface area contributed by atoms with E-state index in [-0.39, 0.29) is 33.8 Å². The van der Waals surface area contributed by atoms with Crippen LogP contribution in [0.15, 0.2) is 140 Å². The van der Waals surface area contributed by atoms with Gasteiger partial charge in [0.25, 0.3) is 6.71 Å². The molecule has 0 radical (unpaired) electrons. The second-order valence-electron chi connectivity index (χ2n) is 25.2. The maximum Gasteiger partial charge on any atom is 0.252 e. The molecule has 4 nitrogen and oxygen atoms in total. The normalized spacial score (nSPS) is 14.0. The van der Waals surface area contributed by atoms with Crippen molar-refractivity contribution in [3.8, 4) is 17.1 Å². The Morgan fingerprint density at radius 3 is 1.45 bits per heavy atom. The highest BCUT2D eigenvalue weighted by molar-refractivity contribution is 7.00. The summed E-state index contributed by atoms with van der Waals surface area (Å²) in [6.07, 6.45) is 0. The molecule has 0 saturated heterocycles. The summed E-state index contributed by atoms with van der Waals surface area (Å²) in [4.78, 5) is 11.0. The number of hydrogen-bond donors (Lipinski definition) is 0. The Morgan fingerprint density at radius 2 is 0.913 bits per heavy atom. The summed E-state index contributed by atoms with van der Waals surface area (Å²) in [6.45, 7) is 37.0. The second kappa shape index (κ2) is 15.9. The van der Waals surface area contributed by atoms with Gasteiger partial charge in [-0.05, 0) is 144 Å². The van der Waals surface area contributed by atoms with E-state index in [9.17, 15) is 0 Å². The van der Waals surface area contributed by atoms with Crippen LogP contribution in [0, 0.1) is 6.92 Å². The van der Waals surface area contributed by atoms with Gasteiger partial charge in [0.1, 0.15) is 11.3 Å². The first-order valence-electron chi connectivity index (χ1n) is 25.2. The lowest BCUT2D eigenvalue weighted by atomic mass is 9.33. The number of hydrogen-bond acceptors (Lipinski definition) is 3. The Labute approximate surface area is 413 Å². The number of rotatable bonds is 4. The minimum Gasteiger partial charge on any atom is -0.311 e. The van der Waals surface area contributed by atoms with E-state index in [0.717, 1.165) is 39.5 Å². The average Bonchev–Trinajstić information content (AvgIpc) is 3.67. The minimum absolute atomic E-state index is 0.0316. The van der Waals surface area contributed by atoms with Crippen molar-refractivity contribution in [2.24, 2.45) is 0 Å². The van der Waals surface area contributed by atoms with Crippen molar-refractivity contribution in [1.29, 1.82) is 0 Å². The smallest absolute Gasteiger partial charge is 0.252 e. The first kappa shape index (κ1) is 46.4. The highest BCUT2D eigenvalue weighted by Crippen LogP contribution is 2.49. The fourth-order valence-electron chi connectivity index (χ4n) is 10.6. The topological polar surface area (TPSA) is 24.3 Å². The second-order valence-corrected chi connectivity index (χ2v) is 25.2. The molecule has 2 aliphatic rings. The first-order chi connectivity index (χ1) is 32.3. The molecule has 0 unspecified atom stereocenters. The van der Waals surface area contributed by atoms with Gasteiger partial charge in [0, 0.05) is 39.7 Å². The fraction of sp³-hybridized carbons (Fsp3) is 0.328. The standard InChI is InChI=1S/C64H71BN4/c1-40-34-54-56-55(35-40)68(49-37-45(63(11,12)13)36-46(38-49)64(14,15)16)58-50(65(56)51-39-44(62(8,9)10)26-32-52(51)67(54)47-27-22-42(23-28-47)60(2,3)4)31-33-53-57(58)66-59(41-20-18-17-19-21-41)69(53)48-29-24-43(25-30-48)61(5,6)7/h17-39H,1-16H3. The summed E-state index contributed by atoms with van der Waals surface area (Å²) in [5.41, 5.74) is 22.9. The molecule has 0 spiro atoms. The lowest BCUT2D eigenvalue weighted by Crippen LogP contribution is -2.61. The average molecular weight is 907 g/mol. The van der Waals surface area contributed by atoms with Gasteiger partial charge in [-0.2, -0.15) is 0 Å². The van der Waals surface area contributed by atoms with Gasteiger partial charge >= 0.3 is 0 Å². The van der Waals surface area contributed by atoms with Crippen molar-refractivity contribution in [2.75, 3.05) is 9.80 Å². The zero-order chi connectivity index (χ0) is 49.3. The molecule has 69 heavy (non-hydrogen) atoms. The SMILES string of the molecule is Cc1cc2c3c(c1)N(c1cc(C(C)(C)C)cc(C(C)(C)C)c1)c1c(ccc4c1nc(-c1ccccc1)n4-c1ccc(C(C)(C)C)cc1)B3c1cc(C(C)(C)C)ccc1N2c1ccc(C(C)(C)C)cc1. The highest BCUT2D eigenvalue weighted by Gasteiger charge is 2.45. The monoisotopic (exact) mass is 907 g/mol. The van der Waals surface area contributed by atoms with Crippen LogP contribution in [0.4, 0.5) is 34.1 Å². The van der Waals surface area contributed by atoms with Crippen LogP contribution in [-0.4, -0.2) is 16.3 Å². The van der Waals surface area contributed by atoms with Gasteiger partial charge in [-0.3, -0.25) is 4.57 Å². The quantitative estimate of drug-likeness (QED) is 0.164. The molecule has 2 aliphatic heterocycles. The van der Waals surface area contributed by atoms with Crippen LogP contribution >= 0.6 is 0 Å². The largest absolute Gasteiger partial charge is 0.311 e. The van der Waals surface area contributed by atoms with Crippen molar-refractivity contribution >= 4 is 68.3 Å². The molecule has 0 saturated carbocycles. The van der Waals surface area contributed by atoms with Gasteiger partial charge in [0.05, 0.1) is 11.2 Å². The van der Waals surface area contributed by atoms with Crippen LogP contribution in [0.3, 0.4) is 0 Å². The molecular formula is C64H71BN4. The molecule has 7 aromatic carbocycles. The number of imidazole rings is 1. The van der Waals surface area contributed by atoms with E-state index < -0.39 is 0 Å². The Kier molecular flexibility index (Phi) is 10.7. The Bertz CT molecular complexity index is 3250. The van der Waals surface area contributed by atoms with Gasteiger partial charge in [-0.1, -0.05) is 183 Å². The van der Waals surface area contributed by atoms with Gasteiger partial charge in [0.15, 0.2) is 0 Å². The van der Waals surface area contributed by atoms with E-state index in [0.29, 0.717) is 0 Å². The van der Waals surface area contributed by atoms with Gasteiger partial charge < -0.3 is 9.80 Å². The number of benzene rings is 7. The molecule has 350 valence electrons. The number of aryl methyl sites for hydroxylation is 1. The lowest BCUT2D eigenvalue weighted by Gasteiger charge is -2.45. The summed E-state index contributed by atoms with van der Waals surface area (Å²) >= 11 is 0. The summed E-state index contributed by atoms with van der Waals surface area (Å²) in [7, 11) is 0. The van der Waals surface area contributed by atoms with Crippen LogP contribution in [0.5, 0.6) is 0 Å². The summed E-state index contributed by atoms with van der Waals surface area (Å²) in [5, 5.41) is 0. The fourth-order valence-corrected chi connectivity index (χ4v) is 10.6.